The number of carbonyl (C=O) groups is 3. The van der Waals surface area contributed by atoms with Crippen molar-refractivity contribution >= 4 is 17.8 Å². The van der Waals surface area contributed by atoms with Gasteiger partial charge in [0.15, 0.2) is 0 Å². The summed E-state index contributed by atoms with van der Waals surface area (Å²) in [6.45, 7) is 6.77. The zero-order valence-corrected chi connectivity index (χ0v) is 13.4. The molecule has 1 N–H and O–H groups in total. The van der Waals surface area contributed by atoms with E-state index in [1.165, 1.54) is 4.90 Å². The molecule has 0 bridgehead atoms. The van der Waals surface area contributed by atoms with Crippen molar-refractivity contribution in [2.45, 2.75) is 52.5 Å². The number of carboxylic acids is 1. The topological polar surface area (TPSA) is 77.9 Å². The van der Waals surface area contributed by atoms with E-state index in [-0.39, 0.29) is 30.2 Å². The number of carboxylic acid groups (broad SMARTS) is 1. The third-order valence-corrected chi connectivity index (χ3v) is 3.58. The Kier molecular flexibility index (Phi) is 5.75. The Labute approximate surface area is 126 Å². The highest BCUT2D eigenvalue weighted by atomic mass is 16.4. The highest BCUT2D eigenvalue weighted by molar-refractivity contribution is 5.88. The van der Waals surface area contributed by atoms with Crippen LogP contribution < -0.4 is 0 Å². The van der Waals surface area contributed by atoms with Gasteiger partial charge in [-0.05, 0) is 18.3 Å². The van der Waals surface area contributed by atoms with Crippen LogP contribution in [0.15, 0.2) is 0 Å². The van der Waals surface area contributed by atoms with E-state index in [4.69, 9.17) is 5.11 Å². The third-order valence-electron chi connectivity index (χ3n) is 3.58. The van der Waals surface area contributed by atoms with Gasteiger partial charge in [0.05, 0.1) is 6.42 Å². The summed E-state index contributed by atoms with van der Waals surface area (Å²) in [6.07, 6.45) is 1.81. The Morgan fingerprint density at radius 1 is 1.29 bits per heavy atom. The van der Waals surface area contributed by atoms with Crippen LogP contribution in [-0.4, -0.2) is 58.9 Å². The summed E-state index contributed by atoms with van der Waals surface area (Å²) in [6, 6.07) is -0.432. The number of likely N-dealkylation sites (tertiary alicyclic amines) is 1. The number of hydrogen-bond acceptors (Lipinski definition) is 3. The molecule has 0 aliphatic carbocycles. The molecule has 0 aromatic carbocycles. The minimum Gasteiger partial charge on any atom is -0.481 e. The highest BCUT2D eigenvalue weighted by Crippen LogP contribution is 2.25. The predicted octanol–water partition coefficient (Wildman–Crippen LogP) is 1.35. The molecule has 1 aliphatic heterocycles. The number of hydrogen-bond donors (Lipinski definition) is 1. The largest absolute Gasteiger partial charge is 0.481 e. The van der Waals surface area contributed by atoms with Crippen LogP contribution in [0.25, 0.3) is 0 Å². The quantitative estimate of drug-likeness (QED) is 0.831. The van der Waals surface area contributed by atoms with Crippen molar-refractivity contribution in [1.29, 1.82) is 0 Å². The molecule has 6 heteroatoms. The summed E-state index contributed by atoms with van der Waals surface area (Å²) >= 11 is 0. The lowest BCUT2D eigenvalue weighted by atomic mass is 9.91. The van der Waals surface area contributed by atoms with Crippen LogP contribution in [0.2, 0.25) is 0 Å². The monoisotopic (exact) mass is 298 g/mol. The Morgan fingerprint density at radius 2 is 1.90 bits per heavy atom. The molecule has 1 heterocycles. The fraction of sp³-hybridized carbons (Fsp3) is 0.800. The van der Waals surface area contributed by atoms with Gasteiger partial charge in [0.2, 0.25) is 11.8 Å². The first-order chi connectivity index (χ1) is 9.61. The Balaban J connectivity index is 2.65. The van der Waals surface area contributed by atoms with Crippen LogP contribution in [-0.2, 0) is 14.4 Å². The van der Waals surface area contributed by atoms with E-state index in [9.17, 15) is 14.4 Å². The van der Waals surface area contributed by atoms with E-state index in [0.717, 1.165) is 6.42 Å². The first kappa shape index (κ1) is 17.5. The van der Waals surface area contributed by atoms with Crippen LogP contribution >= 0.6 is 0 Å². The molecule has 1 rings (SSSR count). The summed E-state index contributed by atoms with van der Waals surface area (Å²) in [5.41, 5.74) is -0.109. The SMILES string of the molecule is CN(CCC(=O)O)C(=O)C1CCCN1C(=O)CC(C)(C)C. The van der Waals surface area contributed by atoms with Gasteiger partial charge in [-0.1, -0.05) is 20.8 Å². The first-order valence-electron chi connectivity index (χ1n) is 7.38. The minimum absolute atomic E-state index is 0.00462. The fourth-order valence-corrected chi connectivity index (χ4v) is 2.51. The van der Waals surface area contributed by atoms with Gasteiger partial charge in [0.1, 0.15) is 6.04 Å². The third kappa shape index (κ3) is 5.36. The van der Waals surface area contributed by atoms with Crippen LogP contribution in [0.3, 0.4) is 0 Å². The molecule has 0 saturated carbocycles. The molecule has 0 aromatic rings. The highest BCUT2D eigenvalue weighted by Gasteiger charge is 2.36. The van der Waals surface area contributed by atoms with Gasteiger partial charge in [-0.3, -0.25) is 14.4 Å². The molecule has 2 amide bonds. The molecule has 1 saturated heterocycles. The molecule has 0 aromatic heterocycles. The molecule has 120 valence electrons. The summed E-state index contributed by atoms with van der Waals surface area (Å²) in [5, 5.41) is 8.67. The standard InChI is InChI=1S/C15H26N2O4/c1-15(2,3)10-12(18)17-8-5-6-11(17)14(21)16(4)9-7-13(19)20/h11H,5-10H2,1-4H3,(H,19,20). The molecule has 1 unspecified atom stereocenters. The van der Waals surface area contributed by atoms with E-state index in [1.54, 1.807) is 11.9 Å². The first-order valence-corrected chi connectivity index (χ1v) is 7.38. The van der Waals surface area contributed by atoms with E-state index < -0.39 is 12.0 Å². The van der Waals surface area contributed by atoms with Crippen molar-refractivity contribution in [3.63, 3.8) is 0 Å². The van der Waals surface area contributed by atoms with Gasteiger partial charge in [-0.25, -0.2) is 0 Å². The number of rotatable bonds is 5. The lowest BCUT2D eigenvalue weighted by Crippen LogP contribution is -2.47. The van der Waals surface area contributed by atoms with E-state index in [0.29, 0.717) is 19.4 Å². The van der Waals surface area contributed by atoms with Crippen LogP contribution in [0.1, 0.15) is 46.5 Å². The summed E-state index contributed by atoms with van der Waals surface area (Å²) < 4.78 is 0. The zero-order chi connectivity index (χ0) is 16.2. The molecule has 1 aliphatic rings. The Hall–Kier alpha value is -1.59. The molecule has 1 fully saturated rings. The number of nitrogens with zero attached hydrogens (tertiary/aromatic N) is 2. The second-order valence-corrected chi connectivity index (χ2v) is 6.89. The fourth-order valence-electron chi connectivity index (χ4n) is 2.51. The van der Waals surface area contributed by atoms with Gasteiger partial charge in [-0.15, -0.1) is 0 Å². The minimum atomic E-state index is -0.929. The molecule has 0 radical (unpaired) electrons. The number of amides is 2. The maximum atomic E-state index is 12.4. The molecule has 1 atom stereocenters. The van der Waals surface area contributed by atoms with Crippen LogP contribution in [0.4, 0.5) is 0 Å². The average Bonchev–Trinajstić information content (AvgIpc) is 2.81. The van der Waals surface area contributed by atoms with Gasteiger partial charge in [0, 0.05) is 26.6 Å². The van der Waals surface area contributed by atoms with E-state index in [2.05, 4.69) is 0 Å². The van der Waals surface area contributed by atoms with Gasteiger partial charge in [0.25, 0.3) is 0 Å². The lowest BCUT2D eigenvalue weighted by Gasteiger charge is -2.30. The number of carbonyl (C=O) groups excluding carboxylic acids is 2. The van der Waals surface area contributed by atoms with Crippen molar-refractivity contribution in [3.05, 3.63) is 0 Å². The van der Waals surface area contributed by atoms with Crippen molar-refractivity contribution < 1.29 is 19.5 Å². The van der Waals surface area contributed by atoms with E-state index >= 15 is 0 Å². The normalized spacial score (nSPS) is 18.7. The second-order valence-electron chi connectivity index (χ2n) is 6.89. The Bertz CT molecular complexity index is 414. The predicted molar refractivity (Wildman–Crippen MR) is 78.7 cm³/mol. The van der Waals surface area contributed by atoms with Gasteiger partial charge < -0.3 is 14.9 Å². The maximum absolute atomic E-state index is 12.4. The van der Waals surface area contributed by atoms with Crippen LogP contribution in [0, 0.1) is 5.41 Å². The summed E-state index contributed by atoms with van der Waals surface area (Å²) in [4.78, 5) is 38.4. The Morgan fingerprint density at radius 3 is 2.43 bits per heavy atom. The lowest BCUT2D eigenvalue weighted by molar-refractivity contribution is -0.145. The summed E-state index contributed by atoms with van der Waals surface area (Å²) in [5.74, 6) is -1.08. The van der Waals surface area contributed by atoms with Crippen molar-refractivity contribution in [2.75, 3.05) is 20.1 Å². The number of aliphatic carboxylic acids is 1. The van der Waals surface area contributed by atoms with E-state index in [1.807, 2.05) is 20.8 Å². The van der Waals surface area contributed by atoms with Crippen molar-refractivity contribution in [2.24, 2.45) is 5.41 Å². The smallest absolute Gasteiger partial charge is 0.305 e. The summed E-state index contributed by atoms with van der Waals surface area (Å²) in [7, 11) is 1.59. The molecular formula is C15H26N2O4. The van der Waals surface area contributed by atoms with Gasteiger partial charge >= 0.3 is 5.97 Å². The molecular weight excluding hydrogens is 272 g/mol. The van der Waals surface area contributed by atoms with Crippen molar-refractivity contribution in [3.8, 4) is 0 Å². The molecule has 21 heavy (non-hydrogen) atoms. The maximum Gasteiger partial charge on any atom is 0.305 e. The van der Waals surface area contributed by atoms with Crippen LogP contribution in [0.5, 0.6) is 0 Å². The zero-order valence-electron chi connectivity index (χ0n) is 13.4. The molecule has 0 spiro atoms. The second kappa shape index (κ2) is 6.91. The molecule has 6 nitrogen and oxygen atoms in total. The van der Waals surface area contributed by atoms with Crippen molar-refractivity contribution in [1.82, 2.24) is 9.80 Å². The number of likely N-dealkylation sites (N-methyl/N-ethyl adjacent to an activating group) is 1. The average molecular weight is 298 g/mol. The van der Waals surface area contributed by atoms with Gasteiger partial charge in [-0.2, -0.15) is 0 Å².